The van der Waals surface area contributed by atoms with Crippen LogP contribution < -0.4 is 5.32 Å². The molecule has 126 valence electrons. The van der Waals surface area contributed by atoms with E-state index in [-0.39, 0.29) is 17.9 Å². The molecule has 2 N–H and O–H groups in total. The number of amides is 2. The van der Waals surface area contributed by atoms with Gasteiger partial charge in [-0.3, -0.25) is 19.5 Å². The van der Waals surface area contributed by atoms with E-state index in [1.807, 2.05) is 6.92 Å². The van der Waals surface area contributed by atoms with Gasteiger partial charge in [-0.2, -0.15) is 0 Å². The molecule has 1 aromatic rings. The lowest BCUT2D eigenvalue weighted by Crippen LogP contribution is -2.50. The Balaban J connectivity index is 1.91. The molecular formula is C16H24N4O3. The number of nitrogens with zero attached hydrogens (tertiary/aromatic N) is 3. The van der Waals surface area contributed by atoms with Gasteiger partial charge in [-0.05, 0) is 18.6 Å². The van der Waals surface area contributed by atoms with E-state index < -0.39 is 0 Å². The predicted octanol–water partition coefficient (Wildman–Crippen LogP) is -0.0301. The summed E-state index contributed by atoms with van der Waals surface area (Å²) < 4.78 is 0. The summed E-state index contributed by atoms with van der Waals surface area (Å²) in [5.74, 6) is -0.344. The lowest BCUT2D eigenvalue weighted by atomic mass is 10.2. The van der Waals surface area contributed by atoms with Crippen LogP contribution in [0.1, 0.15) is 34.2 Å². The number of aromatic nitrogens is 1. The lowest BCUT2D eigenvalue weighted by molar-refractivity contribution is 0.0523. The number of nitrogens with one attached hydrogen (secondary N) is 1. The van der Waals surface area contributed by atoms with E-state index in [1.165, 1.54) is 13.2 Å². The molecule has 1 fully saturated rings. The van der Waals surface area contributed by atoms with Crippen LogP contribution in [0.5, 0.6) is 0 Å². The molecule has 1 saturated heterocycles. The summed E-state index contributed by atoms with van der Waals surface area (Å²) >= 11 is 0. The summed E-state index contributed by atoms with van der Waals surface area (Å²) in [6, 6.07) is 3.19. The predicted molar refractivity (Wildman–Crippen MR) is 86.3 cm³/mol. The van der Waals surface area contributed by atoms with Gasteiger partial charge in [0.25, 0.3) is 11.8 Å². The Morgan fingerprint density at radius 3 is 2.52 bits per heavy atom. The lowest BCUT2D eigenvalue weighted by Gasteiger charge is -2.35. The fourth-order valence-corrected chi connectivity index (χ4v) is 2.53. The molecule has 1 atom stereocenters. The molecule has 1 unspecified atom stereocenters. The normalized spacial score (nSPS) is 16.9. The summed E-state index contributed by atoms with van der Waals surface area (Å²) in [7, 11) is 1.54. The van der Waals surface area contributed by atoms with Crippen LogP contribution in [-0.4, -0.2) is 77.6 Å². The number of carbonyl (C=O) groups excluding carboxylic acids is 2. The number of aliphatic hydroxyl groups is 1. The zero-order valence-corrected chi connectivity index (χ0v) is 13.7. The zero-order valence-electron chi connectivity index (χ0n) is 13.7. The third-order valence-corrected chi connectivity index (χ3v) is 4.07. The van der Waals surface area contributed by atoms with Gasteiger partial charge in [0.1, 0.15) is 5.69 Å². The summed E-state index contributed by atoms with van der Waals surface area (Å²) in [6.07, 6.45) is 1.88. The minimum atomic E-state index is -0.307. The number of pyridine rings is 1. The third-order valence-electron chi connectivity index (χ3n) is 4.07. The van der Waals surface area contributed by atoms with Crippen molar-refractivity contribution in [2.24, 2.45) is 0 Å². The van der Waals surface area contributed by atoms with Crippen LogP contribution in [0.3, 0.4) is 0 Å². The number of hydrogen-bond donors (Lipinski definition) is 2. The van der Waals surface area contributed by atoms with Crippen molar-refractivity contribution in [1.82, 2.24) is 20.1 Å². The van der Waals surface area contributed by atoms with Gasteiger partial charge in [0, 0.05) is 46.0 Å². The molecule has 0 aliphatic carbocycles. The molecule has 7 heteroatoms. The Morgan fingerprint density at radius 1 is 1.30 bits per heavy atom. The first-order valence-electron chi connectivity index (χ1n) is 7.93. The Kier molecular flexibility index (Phi) is 6.06. The minimum absolute atomic E-state index is 0.0725. The molecule has 1 aliphatic heterocycles. The summed E-state index contributed by atoms with van der Waals surface area (Å²) in [5.41, 5.74) is 0.780. The van der Waals surface area contributed by atoms with Crippen LogP contribution in [-0.2, 0) is 0 Å². The second-order valence-electron chi connectivity index (χ2n) is 5.67. The second kappa shape index (κ2) is 8.03. The third kappa shape index (κ3) is 4.49. The number of carbonyl (C=O) groups is 2. The maximum absolute atomic E-state index is 12.5. The van der Waals surface area contributed by atoms with Crippen molar-refractivity contribution in [3.63, 3.8) is 0 Å². The molecule has 0 bridgehead atoms. The molecule has 1 aliphatic rings. The highest BCUT2D eigenvalue weighted by atomic mass is 16.3. The van der Waals surface area contributed by atoms with Crippen molar-refractivity contribution in [2.45, 2.75) is 19.4 Å². The van der Waals surface area contributed by atoms with Crippen molar-refractivity contribution in [3.8, 4) is 0 Å². The average molecular weight is 320 g/mol. The fourth-order valence-electron chi connectivity index (χ4n) is 2.53. The highest BCUT2D eigenvalue weighted by molar-refractivity contribution is 5.96. The Morgan fingerprint density at radius 2 is 2.00 bits per heavy atom. The number of β-amino-alcohol motifs (C(OH)–C–C–N with tert-alkyl or cyclic N) is 1. The molecule has 0 spiro atoms. The molecule has 0 saturated carbocycles. The first kappa shape index (κ1) is 17.4. The highest BCUT2D eigenvalue weighted by Gasteiger charge is 2.23. The Bertz CT molecular complexity index is 539. The smallest absolute Gasteiger partial charge is 0.269 e. The van der Waals surface area contributed by atoms with E-state index in [2.05, 4.69) is 15.2 Å². The van der Waals surface area contributed by atoms with Crippen LogP contribution in [0.2, 0.25) is 0 Å². The monoisotopic (exact) mass is 320 g/mol. The van der Waals surface area contributed by atoms with E-state index in [1.54, 1.807) is 17.0 Å². The zero-order chi connectivity index (χ0) is 16.8. The molecule has 7 nitrogen and oxygen atoms in total. The first-order chi connectivity index (χ1) is 11.0. The standard InChI is InChI=1S/C16H24N4O3/c1-3-13(21)11-19-6-8-20(9-7-19)16(23)12-4-5-14(18-10-12)15(22)17-2/h4-5,10,13,21H,3,6-9,11H2,1-2H3,(H,17,22). The van der Waals surface area contributed by atoms with Crippen molar-refractivity contribution in [3.05, 3.63) is 29.6 Å². The van der Waals surface area contributed by atoms with Gasteiger partial charge in [-0.1, -0.05) is 6.92 Å². The van der Waals surface area contributed by atoms with E-state index in [4.69, 9.17) is 0 Å². The molecule has 2 amide bonds. The van der Waals surface area contributed by atoms with E-state index in [0.717, 1.165) is 19.5 Å². The second-order valence-corrected chi connectivity index (χ2v) is 5.67. The number of piperazine rings is 1. The van der Waals surface area contributed by atoms with E-state index in [9.17, 15) is 14.7 Å². The SMILES string of the molecule is CCC(O)CN1CCN(C(=O)c2ccc(C(=O)NC)nc2)CC1. The molecular weight excluding hydrogens is 296 g/mol. The van der Waals surface area contributed by atoms with Gasteiger partial charge in [0.15, 0.2) is 0 Å². The number of hydrogen-bond acceptors (Lipinski definition) is 5. The maximum Gasteiger partial charge on any atom is 0.269 e. The van der Waals surface area contributed by atoms with Crippen molar-refractivity contribution in [1.29, 1.82) is 0 Å². The summed E-state index contributed by atoms with van der Waals surface area (Å²) in [6.45, 7) is 5.39. The fraction of sp³-hybridized carbons (Fsp3) is 0.562. The van der Waals surface area contributed by atoms with Gasteiger partial charge >= 0.3 is 0 Å². The Labute approximate surface area is 136 Å². The van der Waals surface area contributed by atoms with Crippen LogP contribution in [0.4, 0.5) is 0 Å². The Hall–Kier alpha value is -1.99. The van der Waals surface area contributed by atoms with Crippen LogP contribution >= 0.6 is 0 Å². The summed E-state index contributed by atoms with van der Waals surface area (Å²) in [4.78, 5) is 31.9. The molecule has 2 heterocycles. The van der Waals surface area contributed by atoms with E-state index in [0.29, 0.717) is 30.9 Å². The van der Waals surface area contributed by atoms with Crippen molar-refractivity contribution >= 4 is 11.8 Å². The number of rotatable bonds is 5. The van der Waals surface area contributed by atoms with Crippen molar-refractivity contribution < 1.29 is 14.7 Å². The maximum atomic E-state index is 12.5. The van der Waals surface area contributed by atoms with Gasteiger partial charge in [0.05, 0.1) is 11.7 Å². The molecule has 2 rings (SSSR count). The molecule has 0 radical (unpaired) electrons. The minimum Gasteiger partial charge on any atom is -0.392 e. The van der Waals surface area contributed by atoms with E-state index >= 15 is 0 Å². The van der Waals surface area contributed by atoms with Gasteiger partial charge in [0.2, 0.25) is 0 Å². The van der Waals surface area contributed by atoms with Crippen molar-refractivity contribution in [2.75, 3.05) is 39.8 Å². The van der Waals surface area contributed by atoms with Crippen LogP contribution in [0.15, 0.2) is 18.3 Å². The average Bonchev–Trinajstić information content (AvgIpc) is 2.61. The number of aliphatic hydroxyl groups excluding tert-OH is 1. The van der Waals surface area contributed by atoms with Gasteiger partial charge in [-0.15, -0.1) is 0 Å². The first-order valence-corrected chi connectivity index (χ1v) is 7.93. The largest absolute Gasteiger partial charge is 0.392 e. The van der Waals surface area contributed by atoms with Gasteiger partial charge in [-0.25, -0.2) is 0 Å². The molecule has 1 aromatic heterocycles. The summed E-state index contributed by atoms with van der Waals surface area (Å²) in [5, 5.41) is 12.2. The van der Waals surface area contributed by atoms with Crippen LogP contribution in [0.25, 0.3) is 0 Å². The highest BCUT2D eigenvalue weighted by Crippen LogP contribution is 2.10. The van der Waals surface area contributed by atoms with Gasteiger partial charge < -0.3 is 15.3 Å². The quantitative estimate of drug-likeness (QED) is 0.796. The molecule has 23 heavy (non-hydrogen) atoms. The molecule has 0 aromatic carbocycles. The topological polar surface area (TPSA) is 85.8 Å². The van der Waals surface area contributed by atoms with Crippen LogP contribution in [0, 0.1) is 0 Å².